The summed E-state index contributed by atoms with van der Waals surface area (Å²) < 4.78 is 3.71. The lowest BCUT2D eigenvalue weighted by Crippen LogP contribution is -2.39. The van der Waals surface area contributed by atoms with Crippen molar-refractivity contribution >= 4 is 44.4 Å². The minimum atomic E-state index is -0.528. The summed E-state index contributed by atoms with van der Waals surface area (Å²) in [6.07, 6.45) is 0. The van der Waals surface area contributed by atoms with E-state index in [1.807, 2.05) is 6.07 Å². The van der Waals surface area contributed by atoms with Gasteiger partial charge in [-0.1, -0.05) is 35.9 Å². The van der Waals surface area contributed by atoms with Crippen LogP contribution in [0.1, 0.15) is 0 Å². The van der Waals surface area contributed by atoms with Crippen molar-refractivity contribution in [3.63, 3.8) is 0 Å². The number of para-hydroxylation sites is 1. The molecule has 0 amide bonds. The highest BCUT2D eigenvalue weighted by Crippen LogP contribution is 2.25. The monoisotopic (exact) mass is 418 g/mol. The normalized spacial score (nSPS) is 11.6. The van der Waals surface area contributed by atoms with Crippen LogP contribution in [0.2, 0.25) is 5.02 Å². The summed E-state index contributed by atoms with van der Waals surface area (Å²) in [6.45, 7) is 0. The first kappa shape index (κ1) is 18.3. The number of fused-ring (bicyclic) bond motifs is 4. The zero-order chi connectivity index (χ0) is 21.2. The molecule has 148 valence electrons. The molecule has 0 N–H and O–H groups in total. The molecule has 2 aromatic carbocycles. The number of nitrogens with zero attached hydrogens (tertiary/aromatic N) is 4. The van der Waals surface area contributed by atoms with Gasteiger partial charge in [0, 0.05) is 24.5 Å². The minimum absolute atomic E-state index is 0.194. The van der Waals surface area contributed by atoms with Crippen LogP contribution in [-0.2, 0) is 14.1 Å². The number of halogens is 1. The van der Waals surface area contributed by atoms with Gasteiger partial charge in [-0.2, -0.15) is 0 Å². The number of hydrogen-bond acceptors (Lipinski definition) is 4. The van der Waals surface area contributed by atoms with Crippen molar-refractivity contribution in [3.8, 4) is 5.69 Å². The van der Waals surface area contributed by atoms with Crippen LogP contribution in [0.25, 0.3) is 38.5 Å². The van der Waals surface area contributed by atoms with Crippen molar-refractivity contribution in [3.05, 3.63) is 90.8 Å². The third-order valence-corrected chi connectivity index (χ3v) is 5.54. The molecule has 5 rings (SSSR count). The number of benzene rings is 2. The molecule has 0 atom stereocenters. The van der Waals surface area contributed by atoms with E-state index >= 15 is 0 Å². The van der Waals surface area contributed by atoms with Gasteiger partial charge >= 0.3 is 5.69 Å². The molecule has 0 radical (unpaired) electrons. The van der Waals surface area contributed by atoms with Crippen LogP contribution in [0.4, 0.5) is 0 Å². The van der Waals surface area contributed by atoms with E-state index in [1.165, 1.54) is 23.2 Å². The first-order chi connectivity index (χ1) is 14.4. The zero-order valence-electron chi connectivity index (χ0n) is 16.1. The van der Waals surface area contributed by atoms with Crippen molar-refractivity contribution in [2.45, 2.75) is 0 Å². The summed E-state index contributed by atoms with van der Waals surface area (Å²) in [4.78, 5) is 44.0. The largest absolute Gasteiger partial charge is 0.332 e. The van der Waals surface area contributed by atoms with Crippen LogP contribution in [0.5, 0.6) is 0 Å². The van der Waals surface area contributed by atoms with Crippen LogP contribution in [-0.4, -0.2) is 18.7 Å². The third-order valence-electron chi connectivity index (χ3n) is 5.31. The number of aromatic nitrogens is 4. The summed E-state index contributed by atoms with van der Waals surface area (Å²) in [7, 11) is 2.94. The Bertz CT molecular complexity index is 1680. The van der Waals surface area contributed by atoms with Gasteiger partial charge in [-0.15, -0.1) is 0 Å². The third kappa shape index (κ3) is 2.45. The van der Waals surface area contributed by atoms with E-state index in [-0.39, 0.29) is 27.5 Å². The smallest absolute Gasteiger partial charge is 0.281 e. The zero-order valence-corrected chi connectivity index (χ0v) is 16.8. The molecule has 0 fully saturated rings. The fourth-order valence-electron chi connectivity index (χ4n) is 3.83. The highest BCUT2D eigenvalue weighted by Gasteiger charge is 2.21. The van der Waals surface area contributed by atoms with E-state index < -0.39 is 11.2 Å². The Balaban J connectivity index is 2.17. The highest BCUT2D eigenvalue weighted by atomic mass is 35.5. The quantitative estimate of drug-likeness (QED) is 0.310. The van der Waals surface area contributed by atoms with E-state index in [0.717, 1.165) is 9.95 Å². The van der Waals surface area contributed by atoms with Crippen molar-refractivity contribution < 1.29 is 0 Å². The van der Waals surface area contributed by atoms with Crippen LogP contribution in [0.3, 0.4) is 0 Å². The van der Waals surface area contributed by atoms with E-state index in [4.69, 9.17) is 11.6 Å². The molecule has 30 heavy (non-hydrogen) atoms. The second kappa shape index (κ2) is 6.40. The lowest BCUT2D eigenvalue weighted by Gasteiger charge is -2.16. The van der Waals surface area contributed by atoms with Gasteiger partial charge in [0.1, 0.15) is 11.0 Å². The molecule has 0 saturated heterocycles. The average molecular weight is 419 g/mol. The Morgan fingerprint density at radius 3 is 2.33 bits per heavy atom. The van der Waals surface area contributed by atoms with Crippen molar-refractivity contribution in [2.75, 3.05) is 0 Å². The topological polar surface area (TPSA) is 78.9 Å². The number of hydrogen-bond donors (Lipinski definition) is 0. The first-order valence-corrected chi connectivity index (χ1v) is 9.56. The maximum Gasteiger partial charge on any atom is 0.332 e. The van der Waals surface area contributed by atoms with E-state index in [2.05, 4.69) is 4.98 Å². The van der Waals surface area contributed by atoms with Gasteiger partial charge in [0.2, 0.25) is 0 Å². The molecule has 8 heteroatoms. The van der Waals surface area contributed by atoms with Gasteiger partial charge in [-0.3, -0.25) is 23.3 Å². The summed E-state index contributed by atoms with van der Waals surface area (Å²) in [6, 6.07) is 15.8. The lowest BCUT2D eigenvalue weighted by molar-refractivity contribution is 0.700. The molecule has 3 aromatic heterocycles. The molecule has 0 aliphatic carbocycles. The first-order valence-electron chi connectivity index (χ1n) is 9.18. The Kier molecular flexibility index (Phi) is 3.91. The molecule has 0 aliphatic heterocycles. The number of pyridine rings is 2. The summed E-state index contributed by atoms with van der Waals surface area (Å²) >= 11 is 6.11. The molecule has 7 nitrogen and oxygen atoms in total. The molecule has 5 aromatic rings. The van der Waals surface area contributed by atoms with Gasteiger partial charge in [0.25, 0.3) is 11.1 Å². The van der Waals surface area contributed by atoms with E-state index in [1.54, 1.807) is 48.5 Å². The van der Waals surface area contributed by atoms with Gasteiger partial charge in [0.05, 0.1) is 22.1 Å². The Morgan fingerprint density at radius 1 is 0.867 bits per heavy atom. The van der Waals surface area contributed by atoms with Crippen molar-refractivity contribution in [1.82, 2.24) is 18.7 Å². The standard InChI is InChI=1S/C22H15ClN4O3/c1-25-19-17(21(29)26(2)22(25)30)18-15(10-12-8-9-13(23)11-16(12)24-18)20(28)27(19)14-6-4-3-5-7-14/h3-11H,1-2H3. The van der Waals surface area contributed by atoms with Gasteiger partial charge in [-0.25, -0.2) is 9.78 Å². The van der Waals surface area contributed by atoms with Crippen LogP contribution in [0, 0.1) is 0 Å². The van der Waals surface area contributed by atoms with Crippen LogP contribution >= 0.6 is 11.6 Å². The summed E-state index contributed by atoms with van der Waals surface area (Å²) in [5.74, 6) is 0. The number of rotatable bonds is 1. The van der Waals surface area contributed by atoms with Crippen LogP contribution in [0.15, 0.2) is 69.0 Å². The summed E-state index contributed by atoms with van der Waals surface area (Å²) in [5, 5.41) is 1.71. The SMILES string of the molecule is Cn1c(=O)c2c3nc4cc(Cl)ccc4cc3c(=O)n(-c3ccccc3)c2n(C)c1=O. The van der Waals surface area contributed by atoms with Gasteiger partial charge < -0.3 is 0 Å². The fraction of sp³-hybridized carbons (Fsp3) is 0.0909. The predicted molar refractivity (Wildman–Crippen MR) is 118 cm³/mol. The average Bonchev–Trinajstić information content (AvgIpc) is 2.75. The second-order valence-corrected chi connectivity index (χ2v) is 7.54. The van der Waals surface area contributed by atoms with E-state index in [9.17, 15) is 14.4 Å². The highest BCUT2D eigenvalue weighted by molar-refractivity contribution is 6.31. The minimum Gasteiger partial charge on any atom is -0.281 e. The second-order valence-electron chi connectivity index (χ2n) is 7.10. The molecule has 0 aliphatic rings. The van der Waals surface area contributed by atoms with Crippen molar-refractivity contribution in [1.29, 1.82) is 0 Å². The molecule has 0 bridgehead atoms. The molecular formula is C22H15ClN4O3. The summed E-state index contributed by atoms with van der Waals surface area (Å²) in [5.41, 5.74) is 0.138. The Labute approximate surface area is 174 Å². The number of aryl methyl sites for hydroxylation is 1. The van der Waals surface area contributed by atoms with Crippen molar-refractivity contribution in [2.24, 2.45) is 14.1 Å². The molecule has 0 saturated carbocycles. The molecular weight excluding hydrogens is 404 g/mol. The molecule has 0 unspecified atom stereocenters. The Morgan fingerprint density at radius 2 is 1.60 bits per heavy atom. The molecule has 3 heterocycles. The van der Waals surface area contributed by atoms with Crippen LogP contribution < -0.4 is 16.8 Å². The van der Waals surface area contributed by atoms with Gasteiger partial charge in [0.15, 0.2) is 0 Å². The predicted octanol–water partition coefficient (Wildman–Crippen LogP) is 2.74. The molecule has 0 spiro atoms. The van der Waals surface area contributed by atoms with E-state index in [0.29, 0.717) is 16.2 Å². The fourth-order valence-corrected chi connectivity index (χ4v) is 4.00. The van der Waals surface area contributed by atoms with Gasteiger partial charge in [-0.05, 0) is 30.3 Å². The maximum absolute atomic E-state index is 13.6. The lowest BCUT2D eigenvalue weighted by atomic mass is 10.1. The Hall–Kier alpha value is -3.71. The maximum atomic E-state index is 13.6.